The molecule has 5 heteroatoms. The van der Waals surface area contributed by atoms with Crippen molar-refractivity contribution >= 4 is 0 Å². The van der Waals surface area contributed by atoms with Crippen molar-refractivity contribution in [2.24, 2.45) is 7.05 Å². The van der Waals surface area contributed by atoms with E-state index in [1.54, 1.807) is 11.8 Å². The Labute approximate surface area is 96.4 Å². The molecule has 92 valence electrons. The van der Waals surface area contributed by atoms with E-state index in [2.05, 4.69) is 10.4 Å². The van der Waals surface area contributed by atoms with Crippen molar-refractivity contribution in [2.45, 2.75) is 32.9 Å². The molecular weight excluding hydrogens is 206 g/mol. The molecule has 0 fully saturated rings. The molecule has 0 radical (unpaired) electrons. The van der Waals surface area contributed by atoms with E-state index in [-0.39, 0.29) is 12.6 Å². The van der Waals surface area contributed by atoms with Crippen LogP contribution >= 0.6 is 0 Å². The fourth-order valence-electron chi connectivity index (χ4n) is 1.71. The molecule has 1 aromatic heterocycles. The molecule has 0 aliphatic carbocycles. The summed E-state index contributed by atoms with van der Waals surface area (Å²) in [6.45, 7) is 4.94. The van der Waals surface area contributed by atoms with Gasteiger partial charge < -0.3 is 15.2 Å². The van der Waals surface area contributed by atoms with Gasteiger partial charge >= 0.3 is 0 Å². The Bertz CT molecular complexity index is 336. The van der Waals surface area contributed by atoms with Gasteiger partial charge in [-0.1, -0.05) is 0 Å². The zero-order valence-electron chi connectivity index (χ0n) is 10.4. The average molecular weight is 227 g/mol. The van der Waals surface area contributed by atoms with E-state index in [0.717, 1.165) is 23.6 Å². The lowest BCUT2D eigenvalue weighted by atomic mass is 10.2. The molecule has 1 unspecified atom stereocenters. The molecule has 0 spiro atoms. The molecule has 0 aromatic carbocycles. The first kappa shape index (κ1) is 13.0. The predicted octanol–water partition coefficient (Wildman–Crippen LogP) is 0.598. The van der Waals surface area contributed by atoms with Crippen LogP contribution < -0.4 is 10.1 Å². The van der Waals surface area contributed by atoms with Gasteiger partial charge in [0.1, 0.15) is 0 Å². The number of nitrogens with one attached hydrogen (secondary N) is 1. The molecule has 2 N–H and O–H groups in total. The number of rotatable bonds is 6. The zero-order chi connectivity index (χ0) is 12.1. The summed E-state index contributed by atoms with van der Waals surface area (Å²) >= 11 is 0. The maximum absolute atomic E-state index is 8.81. The first-order valence-corrected chi connectivity index (χ1v) is 5.50. The second kappa shape index (κ2) is 5.86. The van der Waals surface area contributed by atoms with Crippen LogP contribution in [0, 0.1) is 6.92 Å². The minimum atomic E-state index is 0.206. The van der Waals surface area contributed by atoms with E-state index in [0.29, 0.717) is 6.54 Å². The Kier molecular flexibility index (Phi) is 4.76. The maximum Gasteiger partial charge on any atom is 0.216 e. The number of ether oxygens (including phenoxy) is 1. The van der Waals surface area contributed by atoms with Crippen LogP contribution in [0.5, 0.6) is 5.88 Å². The minimum Gasteiger partial charge on any atom is -0.481 e. The summed E-state index contributed by atoms with van der Waals surface area (Å²) in [4.78, 5) is 0. The van der Waals surface area contributed by atoms with Crippen LogP contribution in [0.4, 0.5) is 0 Å². The van der Waals surface area contributed by atoms with E-state index in [4.69, 9.17) is 9.84 Å². The summed E-state index contributed by atoms with van der Waals surface area (Å²) in [5.41, 5.74) is 2.05. The van der Waals surface area contributed by atoms with Crippen molar-refractivity contribution in [1.29, 1.82) is 0 Å². The number of aliphatic hydroxyl groups excluding tert-OH is 1. The van der Waals surface area contributed by atoms with E-state index in [1.807, 2.05) is 20.9 Å². The molecular formula is C11H21N3O2. The van der Waals surface area contributed by atoms with Crippen molar-refractivity contribution < 1.29 is 9.84 Å². The molecule has 5 nitrogen and oxygen atoms in total. The summed E-state index contributed by atoms with van der Waals surface area (Å²) in [7, 11) is 3.52. The Morgan fingerprint density at radius 2 is 2.25 bits per heavy atom. The van der Waals surface area contributed by atoms with E-state index in [9.17, 15) is 0 Å². The van der Waals surface area contributed by atoms with E-state index < -0.39 is 0 Å². The second-order valence-electron chi connectivity index (χ2n) is 3.99. The number of aromatic nitrogens is 2. The van der Waals surface area contributed by atoms with Crippen LogP contribution in [0.1, 0.15) is 24.6 Å². The molecule has 1 aromatic rings. The zero-order valence-corrected chi connectivity index (χ0v) is 10.4. The highest BCUT2D eigenvalue weighted by Crippen LogP contribution is 2.20. The van der Waals surface area contributed by atoms with E-state index >= 15 is 0 Å². The molecule has 1 rings (SSSR count). The largest absolute Gasteiger partial charge is 0.481 e. The van der Waals surface area contributed by atoms with Gasteiger partial charge in [0.25, 0.3) is 0 Å². The predicted molar refractivity (Wildman–Crippen MR) is 62.5 cm³/mol. The summed E-state index contributed by atoms with van der Waals surface area (Å²) in [6, 6.07) is 0.286. The summed E-state index contributed by atoms with van der Waals surface area (Å²) in [6.07, 6.45) is 0.752. The Hall–Kier alpha value is -1.07. The fourth-order valence-corrected chi connectivity index (χ4v) is 1.71. The smallest absolute Gasteiger partial charge is 0.216 e. The van der Waals surface area contributed by atoms with Crippen molar-refractivity contribution in [3.05, 3.63) is 11.3 Å². The SMILES string of the molecule is COc1c(CNC(C)CCO)c(C)nn1C. The summed E-state index contributed by atoms with van der Waals surface area (Å²) in [5, 5.41) is 16.5. The van der Waals surface area contributed by atoms with Gasteiger partial charge in [0.15, 0.2) is 0 Å². The number of nitrogens with zero attached hydrogens (tertiary/aromatic N) is 2. The van der Waals surface area contributed by atoms with Crippen molar-refractivity contribution in [1.82, 2.24) is 15.1 Å². The number of hydrogen-bond donors (Lipinski definition) is 2. The Balaban J connectivity index is 2.66. The molecule has 0 amide bonds. The van der Waals surface area contributed by atoms with Crippen LogP contribution in [0.3, 0.4) is 0 Å². The molecule has 0 saturated heterocycles. The lowest BCUT2D eigenvalue weighted by Crippen LogP contribution is -2.26. The Morgan fingerprint density at radius 1 is 1.56 bits per heavy atom. The second-order valence-corrected chi connectivity index (χ2v) is 3.99. The number of methoxy groups -OCH3 is 1. The molecule has 1 atom stereocenters. The number of hydrogen-bond acceptors (Lipinski definition) is 4. The Morgan fingerprint density at radius 3 is 2.81 bits per heavy atom. The minimum absolute atomic E-state index is 0.206. The quantitative estimate of drug-likeness (QED) is 0.747. The molecule has 0 bridgehead atoms. The van der Waals surface area contributed by atoms with Gasteiger partial charge in [-0.25, -0.2) is 4.68 Å². The molecule has 0 saturated carbocycles. The van der Waals surface area contributed by atoms with Crippen molar-refractivity contribution in [3.8, 4) is 5.88 Å². The molecule has 0 aliphatic rings. The summed E-state index contributed by atoms with van der Waals surface area (Å²) in [5.74, 6) is 0.793. The fraction of sp³-hybridized carbons (Fsp3) is 0.727. The van der Waals surface area contributed by atoms with Gasteiger partial charge in [0.05, 0.1) is 18.4 Å². The van der Waals surface area contributed by atoms with E-state index in [1.165, 1.54) is 0 Å². The first-order chi connectivity index (χ1) is 7.60. The van der Waals surface area contributed by atoms with Crippen LogP contribution in [0.2, 0.25) is 0 Å². The lowest BCUT2D eigenvalue weighted by Gasteiger charge is -2.12. The van der Waals surface area contributed by atoms with Crippen LogP contribution in [0.15, 0.2) is 0 Å². The average Bonchev–Trinajstić information content (AvgIpc) is 2.50. The van der Waals surface area contributed by atoms with Crippen LogP contribution in [-0.2, 0) is 13.6 Å². The van der Waals surface area contributed by atoms with Crippen molar-refractivity contribution in [2.75, 3.05) is 13.7 Å². The van der Waals surface area contributed by atoms with Gasteiger partial charge in [0.2, 0.25) is 5.88 Å². The third-order valence-corrected chi connectivity index (χ3v) is 2.67. The van der Waals surface area contributed by atoms with Gasteiger partial charge in [-0.2, -0.15) is 5.10 Å². The maximum atomic E-state index is 8.81. The standard InChI is InChI=1S/C11H21N3O2/c1-8(5-6-15)12-7-10-9(2)13-14(3)11(10)16-4/h8,12,15H,5-7H2,1-4H3. The highest BCUT2D eigenvalue weighted by molar-refractivity contribution is 5.30. The monoisotopic (exact) mass is 227 g/mol. The third kappa shape index (κ3) is 2.96. The molecule has 1 heterocycles. The topological polar surface area (TPSA) is 59.3 Å². The third-order valence-electron chi connectivity index (χ3n) is 2.67. The molecule has 16 heavy (non-hydrogen) atoms. The van der Waals surface area contributed by atoms with Crippen LogP contribution in [-0.4, -0.2) is 34.6 Å². The normalized spacial score (nSPS) is 12.8. The summed E-state index contributed by atoms with van der Waals surface area (Å²) < 4.78 is 7.04. The van der Waals surface area contributed by atoms with Gasteiger partial charge in [0, 0.05) is 26.2 Å². The van der Waals surface area contributed by atoms with Gasteiger partial charge in [-0.15, -0.1) is 0 Å². The van der Waals surface area contributed by atoms with Gasteiger partial charge in [-0.3, -0.25) is 0 Å². The van der Waals surface area contributed by atoms with Crippen molar-refractivity contribution in [3.63, 3.8) is 0 Å². The first-order valence-electron chi connectivity index (χ1n) is 5.50. The lowest BCUT2D eigenvalue weighted by molar-refractivity contribution is 0.268. The number of aliphatic hydroxyl groups is 1. The van der Waals surface area contributed by atoms with Gasteiger partial charge in [-0.05, 0) is 20.3 Å². The highest BCUT2D eigenvalue weighted by Gasteiger charge is 2.14. The number of aryl methyl sites for hydroxylation is 2. The highest BCUT2D eigenvalue weighted by atomic mass is 16.5. The molecule has 0 aliphatic heterocycles. The van der Waals surface area contributed by atoms with Crippen LogP contribution in [0.25, 0.3) is 0 Å².